The predicted molar refractivity (Wildman–Crippen MR) is 124 cm³/mol. The van der Waals surface area contributed by atoms with E-state index in [1.165, 1.54) is 38.6 Å². The highest BCUT2D eigenvalue weighted by molar-refractivity contribution is 6.30. The quantitative estimate of drug-likeness (QED) is 0.621. The van der Waals surface area contributed by atoms with Gasteiger partial charge in [-0.25, -0.2) is 4.79 Å². The van der Waals surface area contributed by atoms with Gasteiger partial charge in [-0.05, 0) is 69.7 Å². The fourth-order valence-corrected chi connectivity index (χ4v) is 5.28. The van der Waals surface area contributed by atoms with Crippen molar-refractivity contribution in [2.75, 3.05) is 39.4 Å². The number of carboxylic acid groups (broad SMARTS) is 1. The fraction of sp³-hybridized carbons (Fsp3) is 0.667. The molecule has 1 amide bonds. The number of amides is 1. The molecular weight excluding hydrogens is 489 g/mol. The van der Waals surface area contributed by atoms with Crippen molar-refractivity contribution in [2.24, 2.45) is 0 Å². The lowest BCUT2D eigenvalue weighted by molar-refractivity contribution is -0.192. The number of benzene rings is 1. The van der Waals surface area contributed by atoms with Crippen molar-refractivity contribution < 1.29 is 37.3 Å². The summed E-state index contributed by atoms with van der Waals surface area (Å²) in [5.74, 6) is -2.04. The number of halogens is 4. The van der Waals surface area contributed by atoms with Gasteiger partial charge in [0.1, 0.15) is 5.75 Å². The van der Waals surface area contributed by atoms with Gasteiger partial charge >= 0.3 is 12.1 Å². The van der Waals surface area contributed by atoms with E-state index in [2.05, 4.69) is 4.90 Å². The second kappa shape index (κ2) is 12.3. The van der Waals surface area contributed by atoms with Gasteiger partial charge in [-0.15, -0.1) is 0 Å². The Morgan fingerprint density at radius 1 is 1.14 bits per heavy atom. The van der Waals surface area contributed by atoms with E-state index in [-0.39, 0.29) is 18.1 Å². The molecule has 1 aromatic rings. The average Bonchev–Trinajstić information content (AvgIpc) is 3.39. The van der Waals surface area contributed by atoms with Gasteiger partial charge in [-0.1, -0.05) is 17.7 Å². The Morgan fingerprint density at radius 2 is 1.86 bits per heavy atom. The molecule has 2 unspecified atom stereocenters. The SMILES string of the molecule is O=C(COc1cccc(Cl)c1)N1CCCC2(CCCN2CC2CCCO2)CC1.O=C(O)C(F)(F)F. The van der Waals surface area contributed by atoms with Crippen molar-refractivity contribution in [2.45, 2.75) is 62.8 Å². The normalized spacial score (nSPS) is 25.1. The molecule has 7 nitrogen and oxygen atoms in total. The topological polar surface area (TPSA) is 79.3 Å². The summed E-state index contributed by atoms with van der Waals surface area (Å²) >= 11 is 5.99. The van der Waals surface area contributed by atoms with Gasteiger partial charge in [0.25, 0.3) is 5.91 Å². The van der Waals surface area contributed by atoms with Gasteiger partial charge in [0.15, 0.2) is 6.61 Å². The van der Waals surface area contributed by atoms with Gasteiger partial charge in [0, 0.05) is 36.8 Å². The smallest absolute Gasteiger partial charge is 0.484 e. The van der Waals surface area contributed by atoms with Crippen LogP contribution in [-0.2, 0) is 14.3 Å². The zero-order valence-electron chi connectivity index (χ0n) is 19.6. The maximum absolute atomic E-state index is 12.7. The number of rotatable bonds is 5. The van der Waals surface area contributed by atoms with E-state index in [0.717, 1.165) is 39.1 Å². The number of carbonyl (C=O) groups excluding carboxylic acids is 1. The van der Waals surface area contributed by atoms with Crippen molar-refractivity contribution in [3.05, 3.63) is 29.3 Å². The number of ether oxygens (including phenoxy) is 2. The van der Waals surface area contributed by atoms with Crippen molar-refractivity contribution in [1.82, 2.24) is 9.80 Å². The minimum Gasteiger partial charge on any atom is -0.484 e. The first-order valence-corrected chi connectivity index (χ1v) is 12.3. The third kappa shape index (κ3) is 7.98. The third-order valence-electron chi connectivity index (χ3n) is 6.86. The number of nitrogens with zero attached hydrogens (tertiary/aromatic N) is 2. The molecule has 3 aliphatic rings. The Hall–Kier alpha value is -2.04. The number of alkyl halides is 3. The number of aliphatic carboxylic acids is 1. The summed E-state index contributed by atoms with van der Waals surface area (Å²) in [6.07, 6.45) is 3.52. The summed E-state index contributed by atoms with van der Waals surface area (Å²) in [6.45, 7) is 4.87. The zero-order chi connectivity index (χ0) is 25.5. The Balaban J connectivity index is 0.000000429. The molecule has 0 bridgehead atoms. The maximum atomic E-state index is 12.7. The largest absolute Gasteiger partial charge is 0.490 e. The lowest BCUT2D eigenvalue weighted by atomic mass is 9.87. The Kier molecular flexibility index (Phi) is 9.66. The average molecular weight is 521 g/mol. The van der Waals surface area contributed by atoms with Gasteiger partial charge in [0.2, 0.25) is 0 Å². The van der Waals surface area contributed by atoms with Crippen LogP contribution in [0.3, 0.4) is 0 Å². The predicted octanol–water partition coefficient (Wildman–Crippen LogP) is 4.38. The van der Waals surface area contributed by atoms with Crippen molar-refractivity contribution in [3.8, 4) is 5.75 Å². The number of hydrogen-bond donors (Lipinski definition) is 1. The molecule has 1 N–H and O–H groups in total. The third-order valence-corrected chi connectivity index (χ3v) is 7.09. The van der Waals surface area contributed by atoms with Crippen LogP contribution in [-0.4, -0.2) is 84.0 Å². The number of carboxylic acids is 1. The minimum absolute atomic E-state index is 0.0701. The highest BCUT2D eigenvalue weighted by Gasteiger charge is 2.43. The van der Waals surface area contributed by atoms with Crippen LogP contribution in [0.25, 0.3) is 0 Å². The summed E-state index contributed by atoms with van der Waals surface area (Å²) in [4.78, 5) is 26.3. The molecule has 3 fully saturated rings. The number of likely N-dealkylation sites (tertiary alicyclic amines) is 2. The van der Waals surface area contributed by atoms with E-state index < -0.39 is 12.1 Å². The first kappa shape index (κ1) is 27.5. The Morgan fingerprint density at radius 3 is 2.49 bits per heavy atom. The molecule has 196 valence electrons. The van der Waals surface area contributed by atoms with Crippen LogP contribution < -0.4 is 4.74 Å². The first-order chi connectivity index (χ1) is 16.6. The summed E-state index contributed by atoms with van der Waals surface area (Å²) < 4.78 is 43.3. The van der Waals surface area contributed by atoms with E-state index in [0.29, 0.717) is 16.9 Å². The fourth-order valence-electron chi connectivity index (χ4n) is 5.10. The van der Waals surface area contributed by atoms with Crippen molar-refractivity contribution in [3.63, 3.8) is 0 Å². The van der Waals surface area contributed by atoms with Gasteiger partial charge in [-0.2, -0.15) is 13.2 Å². The van der Waals surface area contributed by atoms with Crippen molar-refractivity contribution >= 4 is 23.5 Å². The van der Waals surface area contributed by atoms with Crippen LogP contribution in [0.2, 0.25) is 5.02 Å². The molecular formula is C24H32ClF3N2O5. The molecule has 0 saturated carbocycles. The highest BCUT2D eigenvalue weighted by atomic mass is 35.5. The molecule has 3 heterocycles. The second-order valence-electron chi connectivity index (χ2n) is 9.19. The van der Waals surface area contributed by atoms with E-state index in [1.807, 2.05) is 17.0 Å². The van der Waals surface area contributed by atoms with Crippen molar-refractivity contribution in [1.29, 1.82) is 0 Å². The van der Waals surface area contributed by atoms with E-state index in [9.17, 15) is 18.0 Å². The summed E-state index contributed by atoms with van der Waals surface area (Å²) in [7, 11) is 0. The summed E-state index contributed by atoms with van der Waals surface area (Å²) in [5.41, 5.74) is 0.259. The number of carbonyl (C=O) groups is 2. The van der Waals surface area contributed by atoms with Crippen LogP contribution in [0.15, 0.2) is 24.3 Å². The maximum Gasteiger partial charge on any atom is 0.490 e. The van der Waals surface area contributed by atoms with E-state index >= 15 is 0 Å². The van der Waals surface area contributed by atoms with Crippen LogP contribution >= 0.6 is 11.6 Å². The molecule has 0 radical (unpaired) electrons. The summed E-state index contributed by atoms with van der Waals surface area (Å²) in [6, 6.07) is 7.21. The lowest BCUT2D eigenvalue weighted by Gasteiger charge is -2.39. The van der Waals surface area contributed by atoms with Gasteiger partial charge in [-0.3, -0.25) is 9.69 Å². The molecule has 35 heavy (non-hydrogen) atoms. The highest BCUT2D eigenvalue weighted by Crippen LogP contribution is 2.39. The Bertz CT molecular complexity index is 866. The van der Waals surface area contributed by atoms with Crippen LogP contribution in [0, 0.1) is 0 Å². The standard InChI is InChI=1S/C22H31ClN2O3.C2HF3O2/c23-18-5-1-6-19(15-18)28-17-21(26)24-11-3-8-22(10-13-24)9-4-12-25(22)16-20-7-2-14-27-20;3-2(4,5)1(6)7/h1,5-6,15,20H,2-4,7-14,16-17H2;(H,6,7). The van der Waals surface area contributed by atoms with Gasteiger partial charge < -0.3 is 19.5 Å². The molecule has 11 heteroatoms. The molecule has 0 aromatic heterocycles. The summed E-state index contributed by atoms with van der Waals surface area (Å²) in [5, 5.41) is 7.74. The molecule has 3 saturated heterocycles. The minimum atomic E-state index is -5.08. The lowest BCUT2D eigenvalue weighted by Crippen LogP contribution is -2.48. The van der Waals surface area contributed by atoms with E-state index in [1.54, 1.807) is 12.1 Å². The van der Waals surface area contributed by atoms with Crippen LogP contribution in [0.4, 0.5) is 13.2 Å². The molecule has 1 spiro atoms. The zero-order valence-corrected chi connectivity index (χ0v) is 20.3. The second-order valence-corrected chi connectivity index (χ2v) is 9.63. The van der Waals surface area contributed by atoms with E-state index in [4.69, 9.17) is 31.0 Å². The molecule has 1 aromatic carbocycles. The molecule has 0 aliphatic carbocycles. The Labute approximate surface area is 208 Å². The van der Waals surface area contributed by atoms with Crippen LogP contribution in [0.1, 0.15) is 44.9 Å². The monoisotopic (exact) mass is 520 g/mol. The van der Waals surface area contributed by atoms with Crippen LogP contribution in [0.5, 0.6) is 5.75 Å². The number of hydrogen-bond acceptors (Lipinski definition) is 5. The molecule has 4 rings (SSSR count). The molecule has 3 aliphatic heterocycles. The van der Waals surface area contributed by atoms with Gasteiger partial charge in [0.05, 0.1) is 6.10 Å². The molecule has 2 atom stereocenters. The first-order valence-electron chi connectivity index (χ1n) is 11.9.